The molecule has 3 aromatic rings. The van der Waals surface area contributed by atoms with Gasteiger partial charge in [0.05, 0.1) is 7.11 Å². The monoisotopic (exact) mass is 358 g/mol. The van der Waals surface area contributed by atoms with Crippen LogP contribution in [0.2, 0.25) is 0 Å². The van der Waals surface area contributed by atoms with E-state index in [-0.39, 0.29) is 11.3 Å². The van der Waals surface area contributed by atoms with Crippen molar-refractivity contribution in [3.8, 4) is 5.75 Å². The maximum atomic E-state index is 5.96. The lowest BCUT2D eigenvalue weighted by Crippen LogP contribution is -2.15. The Labute approximate surface area is 164 Å². The summed E-state index contributed by atoms with van der Waals surface area (Å²) < 4.78 is 5.96. The number of aryl methyl sites for hydroxylation is 1. The molecule has 0 aromatic heterocycles. The van der Waals surface area contributed by atoms with E-state index in [2.05, 4.69) is 100 Å². The van der Waals surface area contributed by atoms with Crippen LogP contribution in [0.25, 0.3) is 0 Å². The lowest BCUT2D eigenvalue weighted by molar-refractivity contribution is 0.403. The number of hydrogen-bond donors (Lipinski definition) is 0. The Bertz CT molecular complexity index is 834. The molecule has 0 spiro atoms. The highest BCUT2D eigenvalue weighted by molar-refractivity contribution is 5.55. The Morgan fingerprint density at radius 1 is 0.815 bits per heavy atom. The molecule has 3 rings (SSSR count). The van der Waals surface area contributed by atoms with Gasteiger partial charge >= 0.3 is 0 Å². The molecule has 0 saturated carbocycles. The van der Waals surface area contributed by atoms with Crippen molar-refractivity contribution in [2.45, 2.75) is 45.4 Å². The molecule has 0 unspecified atom stereocenters. The minimum absolute atomic E-state index is 0.0862. The highest BCUT2D eigenvalue weighted by Gasteiger charge is 2.25. The van der Waals surface area contributed by atoms with E-state index < -0.39 is 0 Å². The summed E-state index contributed by atoms with van der Waals surface area (Å²) in [5.41, 5.74) is 6.54. The summed E-state index contributed by atoms with van der Waals surface area (Å²) in [7, 11) is 1.79. The van der Waals surface area contributed by atoms with E-state index in [1.54, 1.807) is 7.11 Å². The molecule has 0 aliphatic heterocycles. The van der Waals surface area contributed by atoms with Crippen molar-refractivity contribution < 1.29 is 4.74 Å². The van der Waals surface area contributed by atoms with Crippen molar-refractivity contribution in [3.63, 3.8) is 0 Å². The van der Waals surface area contributed by atoms with E-state index in [1.165, 1.54) is 27.8 Å². The standard InChI is InChI=1S/C26H30O/c1-6-19-17-22(26(2,3)4)18-23(25(19)27-5)24(20-13-9-7-10-14-20)21-15-11-8-12-16-21/h7-18,24H,6H2,1-5H3. The first-order valence-electron chi connectivity index (χ1n) is 9.77. The first-order valence-corrected chi connectivity index (χ1v) is 9.77. The Hall–Kier alpha value is -2.54. The zero-order valence-electron chi connectivity index (χ0n) is 17.1. The smallest absolute Gasteiger partial charge is 0.126 e. The van der Waals surface area contributed by atoms with Gasteiger partial charge in [-0.25, -0.2) is 0 Å². The molecule has 0 heterocycles. The van der Waals surface area contributed by atoms with Crippen LogP contribution < -0.4 is 4.74 Å². The SMILES string of the molecule is CCc1cc(C(C)(C)C)cc(C(c2ccccc2)c2ccccc2)c1OC. The van der Waals surface area contributed by atoms with Crippen LogP contribution in [0.4, 0.5) is 0 Å². The van der Waals surface area contributed by atoms with E-state index in [9.17, 15) is 0 Å². The lowest BCUT2D eigenvalue weighted by atomic mass is 9.78. The number of ether oxygens (including phenoxy) is 1. The van der Waals surface area contributed by atoms with E-state index >= 15 is 0 Å². The van der Waals surface area contributed by atoms with Crippen LogP contribution in [0, 0.1) is 0 Å². The molecule has 0 aliphatic carbocycles. The molecular formula is C26H30O. The van der Waals surface area contributed by atoms with Gasteiger partial charge in [0.2, 0.25) is 0 Å². The Balaban J connectivity index is 2.31. The summed E-state index contributed by atoms with van der Waals surface area (Å²) in [6, 6.07) is 26.1. The van der Waals surface area contributed by atoms with Crippen molar-refractivity contribution in [1.82, 2.24) is 0 Å². The van der Waals surface area contributed by atoms with Crippen LogP contribution in [0.15, 0.2) is 72.8 Å². The maximum Gasteiger partial charge on any atom is 0.126 e. The molecule has 3 aromatic carbocycles. The molecular weight excluding hydrogens is 328 g/mol. The molecule has 0 aliphatic rings. The van der Waals surface area contributed by atoms with Crippen LogP contribution in [-0.2, 0) is 11.8 Å². The number of rotatable bonds is 5. The van der Waals surface area contributed by atoms with Crippen LogP contribution in [0.3, 0.4) is 0 Å². The summed E-state index contributed by atoms with van der Waals surface area (Å²) >= 11 is 0. The highest BCUT2D eigenvalue weighted by atomic mass is 16.5. The fraction of sp³-hybridized carbons (Fsp3) is 0.308. The highest BCUT2D eigenvalue weighted by Crippen LogP contribution is 2.41. The fourth-order valence-electron chi connectivity index (χ4n) is 3.71. The predicted octanol–water partition coefficient (Wildman–Crippen LogP) is 6.74. The third-order valence-corrected chi connectivity index (χ3v) is 5.22. The molecule has 0 saturated heterocycles. The molecule has 1 nitrogen and oxygen atoms in total. The zero-order valence-corrected chi connectivity index (χ0v) is 17.1. The molecule has 0 fully saturated rings. The first kappa shape index (κ1) is 19.2. The average molecular weight is 359 g/mol. The Morgan fingerprint density at radius 3 is 1.74 bits per heavy atom. The fourth-order valence-corrected chi connectivity index (χ4v) is 3.71. The quantitative estimate of drug-likeness (QED) is 0.459. The molecule has 27 heavy (non-hydrogen) atoms. The van der Waals surface area contributed by atoms with Crippen molar-refractivity contribution in [3.05, 3.63) is 101 Å². The predicted molar refractivity (Wildman–Crippen MR) is 115 cm³/mol. The third-order valence-electron chi connectivity index (χ3n) is 5.22. The molecule has 0 radical (unpaired) electrons. The number of hydrogen-bond acceptors (Lipinski definition) is 1. The average Bonchev–Trinajstić information content (AvgIpc) is 2.68. The van der Waals surface area contributed by atoms with E-state index in [1.807, 2.05) is 0 Å². The van der Waals surface area contributed by atoms with E-state index in [0.29, 0.717) is 0 Å². The van der Waals surface area contributed by atoms with Gasteiger partial charge in [0.15, 0.2) is 0 Å². The van der Waals surface area contributed by atoms with Gasteiger partial charge in [-0.2, -0.15) is 0 Å². The van der Waals surface area contributed by atoms with Crippen LogP contribution in [-0.4, -0.2) is 7.11 Å². The van der Waals surface area contributed by atoms with Crippen molar-refractivity contribution in [1.29, 1.82) is 0 Å². The maximum absolute atomic E-state index is 5.96. The first-order chi connectivity index (χ1) is 13.0. The van der Waals surface area contributed by atoms with Crippen LogP contribution >= 0.6 is 0 Å². The number of methoxy groups -OCH3 is 1. The second kappa shape index (κ2) is 8.00. The minimum Gasteiger partial charge on any atom is -0.496 e. The van der Waals surface area contributed by atoms with Crippen molar-refractivity contribution in [2.24, 2.45) is 0 Å². The molecule has 1 heteroatoms. The summed E-state index contributed by atoms with van der Waals surface area (Å²) in [6.45, 7) is 9.03. The summed E-state index contributed by atoms with van der Waals surface area (Å²) in [5, 5.41) is 0. The molecule has 0 amide bonds. The lowest BCUT2D eigenvalue weighted by Gasteiger charge is -2.27. The van der Waals surface area contributed by atoms with Crippen LogP contribution in [0.5, 0.6) is 5.75 Å². The summed E-state index contributed by atoms with van der Waals surface area (Å²) in [4.78, 5) is 0. The topological polar surface area (TPSA) is 9.23 Å². The third kappa shape index (κ3) is 4.08. The van der Waals surface area contributed by atoms with Gasteiger partial charge in [-0.1, -0.05) is 100 Å². The van der Waals surface area contributed by atoms with Gasteiger partial charge in [-0.15, -0.1) is 0 Å². The van der Waals surface area contributed by atoms with Gasteiger partial charge in [0, 0.05) is 11.5 Å². The van der Waals surface area contributed by atoms with Gasteiger partial charge in [0.1, 0.15) is 5.75 Å². The summed E-state index contributed by atoms with van der Waals surface area (Å²) in [6.07, 6.45) is 0.955. The van der Waals surface area contributed by atoms with Gasteiger partial charge < -0.3 is 4.74 Å². The molecule has 0 bridgehead atoms. The van der Waals surface area contributed by atoms with E-state index in [0.717, 1.165) is 12.2 Å². The van der Waals surface area contributed by atoms with E-state index in [4.69, 9.17) is 4.74 Å². The normalized spacial score (nSPS) is 11.6. The molecule has 0 atom stereocenters. The second-order valence-corrected chi connectivity index (χ2v) is 8.12. The Kier molecular flexibility index (Phi) is 5.70. The molecule has 140 valence electrons. The zero-order chi connectivity index (χ0) is 19.4. The van der Waals surface area contributed by atoms with Gasteiger partial charge in [-0.05, 0) is 34.1 Å². The van der Waals surface area contributed by atoms with Crippen molar-refractivity contribution in [2.75, 3.05) is 7.11 Å². The van der Waals surface area contributed by atoms with Crippen molar-refractivity contribution >= 4 is 0 Å². The van der Waals surface area contributed by atoms with Crippen LogP contribution in [0.1, 0.15) is 61.4 Å². The molecule has 0 N–H and O–H groups in total. The second-order valence-electron chi connectivity index (χ2n) is 8.12. The minimum atomic E-state index is 0.0862. The number of benzene rings is 3. The summed E-state index contributed by atoms with van der Waals surface area (Å²) in [5.74, 6) is 1.16. The van der Waals surface area contributed by atoms with Gasteiger partial charge in [0.25, 0.3) is 0 Å². The Morgan fingerprint density at radius 2 is 1.33 bits per heavy atom. The largest absolute Gasteiger partial charge is 0.496 e. The van der Waals surface area contributed by atoms with Gasteiger partial charge in [-0.3, -0.25) is 0 Å².